The van der Waals surface area contributed by atoms with Crippen molar-refractivity contribution < 1.29 is 4.79 Å². The largest absolute Gasteiger partial charge is 0.354 e. The molecule has 0 rings (SSSR count). The predicted octanol–water partition coefficient (Wildman–Crippen LogP) is 1.54. The molecular weight excluding hydrogens is 176 g/mol. The Kier molecular flexibility index (Phi) is 4.59. The molecule has 0 saturated carbocycles. The number of carbonyl (C=O) groups excluding carboxylic acids is 1. The van der Waals surface area contributed by atoms with Crippen LogP contribution >= 0.6 is 0 Å². The lowest BCUT2D eigenvalue weighted by Crippen LogP contribution is -2.44. The Morgan fingerprint density at radius 2 is 1.57 bits per heavy atom. The summed E-state index contributed by atoms with van der Waals surface area (Å²) in [5.74, 6) is 0.0647. The maximum Gasteiger partial charge on any atom is 0.233 e. The fourth-order valence-electron chi connectivity index (χ4n) is 0.772. The highest BCUT2D eigenvalue weighted by molar-refractivity contribution is 5.78. The van der Waals surface area contributed by atoms with E-state index in [1.165, 1.54) is 0 Å². The number of carbonyl (C=O) groups is 1. The first-order chi connectivity index (χ1) is 6.10. The van der Waals surface area contributed by atoms with Crippen molar-refractivity contribution in [3.05, 3.63) is 0 Å². The van der Waals surface area contributed by atoms with Crippen molar-refractivity contribution >= 4 is 5.91 Å². The van der Waals surface area contributed by atoms with Gasteiger partial charge in [-0.25, -0.2) is 0 Å². The van der Waals surface area contributed by atoms with Crippen LogP contribution in [-0.2, 0) is 4.79 Å². The van der Waals surface area contributed by atoms with Crippen LogP contribution < -0.4 is 10.6 Å². The molecule has 0 fully saturated rings. The van der Waals surface area contributed by atoms with Crippen LogP contribution in [0.3, 0.4) is 0 Å². The van der Waals surface area contributed by atoms with Crippen molar-refractivity contribution in [3.63, 3.8) is 0 Å². The van der Waals surface area contributed by atoms with E-state index < -0.39 is 0 Å². The van der Waals surface area contributed by atoms with Gasteiger partial charge in [-0.05, 0) is 26.2 Å². The fraction of sp³-hybridized carbons (Fsp3) is 0.909. The van der Waals surface area contributed by atoms with Crippen molar-refractivity contribution in [2.75, 3.05) is 13.1 Å². The van der Waals surface area contributed by atoms with E-state index >= 15 is 0 Å². The molecule has 3 heteroatoms. The molecule has 0 spiro atoms. The second-order valence-corrected chi connectivity index (χ2v) is 5.94. The molecule has 3 nitrogen and oxygen atoms in total. The molecule has 0 aromatic carbocycles. The quantitative estimate of drug-likeness (QED) is 0.725. The third-order valence-corrected chi connectivity index (χ3v) is 1.60. The number of hydrogen-bond donors (Lipinski definition) is 2. The SMILES string of the molecule is CC(C)(C)CNC(=O)CNC(C)(C)C. The Morgan fingerprint density at radius 1 is 1.07 bits per heavy atom. The molecular formula is C11H24N2O. The molecule has 0 heterocycles. The lowest BCUT2D eigenvalue weighted by atomic mass is 9.97. The van der Waals surface area contributed by atoms with Crippen LogP contribution in [0.2, 0.25) is 0 Å². The molecule has 0 aliphatic rings. The molecule has 0 bridgehead atoms. The summed E-state index contributed by atoms with van der Waals surface area (Å²) in [5, 5.41) is 6.04. The Balaban J connectivity index is 3.68. The average Bonchev–Trinajstić information content (AvgIpc) is 1.94. The number of rotatable bonds is 3. The summed E-state index contributed by atoms with van der Waals surface area (Å²) in [5.41, 5.74) is 0.149. The number of nitrogens with one attached hydrogen (secondary N) is 2. The van der Waals surface area contributed by atoms with Gasteiger partial charge in [-0.15, -0.1) is 0 Å². The summed E-state index contributed by atoms with van der Waals surface area (Å²) in [6.07, 6.45) is 0. The Labute approximate surface area is 87.6 Å². The van der Waals surface area contributed by atoms with Gasteiger partial charge >= 0.3 is 0 Å². The van der Waals surface area contributed by atoms with Crippen molar-refractivity contribution in [3.8, 4) is 0 Å². The van der Waals surface area contributed by atoms with Gasteiger partial charge < -0.3 is 10.6 Å². The minimum atomic E-state index is -0.000920. The first-order valence-electron chi connectivity index (χ1n) is 5.12. The van der Waals surface area contributed by atoms with Crippen molar-refractivity contribution in [2.45, 2.75) is 47.1 Å². The van der Waals surface area contributed by atoms with Gasteiger partial charge in [0.15, 0.2) is 0 Å². The van der Waals surface area contributed by atoms with E-state index in [-0.39, 0.29) is 16.9 Å². The Hall–Kier alpha value is -0.570. The zero-order valence-corrected chi connectivity index (χ0v) is 10.3. The van der Waals surface area contributed by atoms with E-state index in [2.05, 4.69) is 31.4 Å². The third-order valence-electron chi connectivity index (χ3n) is 1.60. The number of amides is 1. The van der Waals surface area contributed by atoms with E-state index in [1.54, 1.807) is 0 Å². The van der Waals surface area contributed by atoms with Crippen LogP contribution in [0.1, 0.15) is 41.5 Å². The highest BCUT2D eigenvalue weighted by atomic mass is 16.1. The van der Waals surface area contributed by atoms with Gasteiger partial charge in [-0.2, -0.15) is 0 Å². The molecule has 14 heavy (non-hydrogen) atoms. The van der Waals surface area contributed by atoms with Crippen LogP contribution in [0.25, 0.3) is 0 Å². The van der Waals surface area contributed by atoms with Gasteiger partial charge in [-0.3, -0.25) is 4.79 Å². The fourth-order valence-corrected chi connectivity index (χ4v) is 0.772. The maximum absolute atomic E-state index is 11.4. The van der Waals surface area contributed by atoms with Crippen LogP contribution in [0.15, 0.2) is 0 Å². The van der Waals surface area contributed by atoms with E-state index in [9.17, 15) is 4.79 Å². The van der Waals surface area contributed by atoms with Crippen LogP contribution in [0.5, 0.6) is 0 Å². The first kappa shape index (κ1) is 13.4. The first-order valence-corrected chi connectivity index (χ1v) is 5.12. The van der Waals surface area contributed by atoms with Crippen LogP contribution in [-0.4, -0.2) is 24.5 Å². The molecule has 0 aromatic heterocycles. The van der Waals surface area contributed by atoms with E-state index in [0.717, 1.165) is 6.54 Å². The molecule has 0 aromatic rings. The summed E-state index contributed by atoms with van der Waals surface area (Å²) in [6.45, 7) is 13.6. The van der Waals surface area contributed by atoms with Gasteiger partial charge in [0.25, 0.3) is 0 Å². The lowest BCUT2D eigenvalue weighted by molar-refractivity contribution is -0.120. The summed E-state index contributed by atoms with van der Waals surface area (Å²) >= 11 is 0. The van der Waals surface area contributed by atoms with Gasteiger partial charge in [0.1, 0.15) is 0 Å². The molecule has 0 radical (unpaired) electrons. The van der Waals surface area contributed by atoms with Crippen molar-refractivity contribution in [1.82, 2.24) is 10.6 Å². The normalized spacial score (nSPS) is 12.7. The minimum Gasteiger partial charge on any atom is -0.354 e. The predicted molar refractivity (Wildman–Crippen MR) is 60.2 cm³/mol. The molecule has 0 aliphatic heterocycles. The van der Waals surface area contributed by atoms with Crippen molar-refractivity contribution in [2.24, 2.45) is 5.41 Å². The zero-order valence-electron chi connectivity index (χ0n) is 10.3. The zero-order chi connectivity index (χ0) is 11.4. The smallest absolute Gasteiger partial charge is 0.233 e. The summed E-state index contributed by atoms with van der Waals surface area (Å²) < 4.78 is 0. The van der Waals surface area contributed by atoms with Gasteiger partial charge in [0, 0.05) is 12.1 Å². The average molecular weight is 200 g/mol. The van der Waals surface area contributed by atoms with Crippen molar-refractivity contribution in [1.29, 1.82) is 0 Å². The monoisotopic (exact) mass is 200 g/mol. The standard InChI is InChI=1S/C11H24N2O/c1-10(2,3)8-12-9(14)7-13-11(4,5)6/h13H,7-8H2,1-6H3,(H,12,14). The van der Waals surface area contributed by atoms with Gasteiger partial charge in [-0.1, -0.05) is 20.8 Å². The van der Waals surface area contributed by atoms with Crippen LogP contribution in [0.4, 0.5) is 0 Å². The molecule has 0 saturated heterocycles. The maximum atomic E-state index is 11.4. The van der Waals surface area contributed by atoms with E-state index in [4.69, 9.17) is 0 Å². The molecule has 0 unspecified atom stereocenters. The second-order valence-electron chi connectivity index (χ2n) is 5.94. The molecule has 0 atom stereocenters. The topological polar surface area (TPSA) is 41.1 Å². The highest BCUT2D eigenvalue weighted by Crippen LogP contribution is 2.09. The Morgan fingerprint density at radius 3 is 1.93 bits per heavy atom. The molecule has 1 amide bonds. The highest BCUT2D eigenvalue weighted by Gasteiger charge is 2.14. The van der Waals surface area contributed by atoms with Gasteiger partial charge in [0.2, 0.25) is 5.91 Å². The van der Waals surface area contributed by atoms with Crippen LogP contribution in [0, 0.1) is 5.41 Å². The Bertz CT molecular complexity index is 166. The van der Waals surface area contributed by atoms with E-state index in [1.807, 2.05) is 20.8 Å². The molecule has 84 valence electrons. The molecule has 2 N–H and O–H groups in total. The van der Waals surface area contributed by atoms with E-state index in [0.29, 0.717) is 6.54 Å². The number of hydrogen-bond acceptors (Lipinski definition) is 2. The second kappa shape index (κ2) is 4.78. The summed E-state index contributed by atoms with van der Waals surface area (Å²) in [7, 11) is 0. The molecule has 0 aliphatic carbocycles. The summed E-state index contributed by atoms with van der Waals surface area (Å²) in [6, 6.07) is 0. The lowest BCUT2D eigenvalue weighted by Gasteiger charge is -2.22. The van der Waals surface area contributed by atoms with Gasteiger partial charge in [0.05, 0.1) is 6.54 Å². The minimum absolute atomic E-state index is 0.000920. The third kappa shape index (κ3) is 9.52. The summed E-state index contributed by atoms with van der Waals surface area (Å²) in [4.78, 5) is 11.4.